The van der Waals surface area contributed by atoms with Crippen LogP contribution in [-0.4, -0.2) is 29.5 Å². The Bertz CT molecular complexity index is 1430. The Labute approximate surface area is 199 Å². The topological polar surface area (TPSA) is 88.1 Å². The van der Waals surface area contributed by atoms with Gasteiger partial charge in [-0.15, -0.1) is 4.40 Å². The molecule has 0 unspecified atom stereocenters. The summed E-state index contributed by atoms with van der Waals surface area (Å²) in [7, 11) is -3.81. The highest BCUT2D eigenvalue weighted by atomic mass is 32.2. The number of nitrogens with zero attached hydrogens (tertiary/aromatic N) is 2. The molecule has 3 aromatic rings. The zero-order chi connectivity index (χ0) is 23.0. The highest BCUT2D eigenvalue weighted by Crippen LogP contribution is 2.33. The standard InChI is InChI=1S/C23H15N3O4S3/c27-22-19(14-15-10-12-17(13-11-15)30-16-6-2-1-3-7-16)32-23(31)26(22)24-21-18-8-4-5-9-20(18)33(28,29)25-21/h1-14H,(H,24,25)/b19-14+. The fourth-order valence-corrected chi connectivity index (χ4v) is 5.61. The molecule has 2 heterocycles. The number of carbonyl (C=O) groups is 1. The molecular weight excluding hydrogens is 478 g/mol. The quantitative estimate of drug-likeness (QED) is 0.427. The van der Waals surface area contributed by atoms with Crippen molar-refractivity contribution >= 4 is 56.1 Å². The number of amidine groups is 1. The van der Waals surface area contributed by atoms with E-state index in [0.717, 1.165) is 28.1 Å². The van der Waals surface area contributed by atoms with Crippen molar-refractivity contribution in [3.05, 3.63) is 94.9 Å². The molecule has 0 bridgehead atoms. The van der Waals surface area contributed by atoms with Gasteiger partial charge in [-0.2, -0.15) is 13.4 Å². The lowest BCUT2D eigenvalue weighted by molar-refractivity contribution is -0.123. The lowest BCUT2D eigenvalue weighted by Crippen LogP contribution is -2.44. The van der Waals surface area contributed by atoms with Crippen LogP contribution < -0.4 is 10.2 Å². The predicted molar refractivity (Wildman–Crippen MR) is 131 cm³/mol. The molecule has 1 saturated heterocycles. The lowest BCUT2D eigenvalue weighted by atomic mass is 10.2. The first kappa shape index (κ1) is 21.4. The minimum Gasteiger partial charge on any atom is -0.457 e. The van der Waals surface area contributed by atoms with Gasteiger partial charge < -0.3 is 4.74 Å². The average molecular weight is 494 g/mol. The minimum absolute atomic E-state index is 0.0607. The second kappa shape index (κ2) is 8.47. The second-order valence-corrected chi connectivity index (χ2v) is 10.3. The van der Waals surface area contributed by atoms with Crippen LogP contribution in [0.25, 0.3) is 6.08 Å². The van der Waals surface area contributed by atoms with E-state index in [2.05, 4.69) is 9.82 Å². The monoisotopic (exact) mass is 493 g/mol. The number of carbonyl (C=O) groups excluding carboxylic acids is 1. The van der Waals surface area contributed by atoms with Crippen LogP contribution in [0.3, 0.4) is 0 Å². The van der Waals surface area contributed by atoms with E-state index in [1.54, 1.807) is 24.3 Å². The molecule has 0 spiro atoms. The van der Waals surface area contributed by atoms with Gasteiger partial charge in [-0.1, -0.05) is 54.2 Å². The normalized spacial score (nSPS) is 17.8. The van der Waals surface area contributed by atoms with E-state index in [-0.39, 0.29) is 21.0 Å². The van der Waals surface area contributed by atoms with Crippen LogP contribution in [0.4, 0.5) is 0 Å². The summed E-state index contributed by atoms with van der Waals surface area (Å²) in [5.41, 5.74) is 3.96. The fourth-order valence-electron chi connectivity index (χ4n) is 3.26. The maximum atomic E-state index is 12.9. The van der Waals surface area contributed by atoms with Gasteiger partial charge in [0.25, 0.3) is 15.9 Å². The van der Waals surface area contributed by atoms with Gasteiger partial charge in [0, 0.05) is 5.56 Å². The maximum absolute atomic E-state index is 12.9. The van der Waals surface area contributed by atoms with Crippen LogP contribution in [0.15, 0.2) is 93.1 Å². The van der Waals surface area contributed by atoms with Crippen molar-refractivity contribution in [2.75, 3.05) is 0 Å². The Morgan fingerprint density at radius 2 is 1.61 bits per heavy atom. The van der Waals surface area contributed by atoms with Crippen molar-refractivity contribution in [2.24, 2.45) is 4.40 Å². The van der Waals surface area contributed by atoms with Crippen molar-refractivity contribution < 1.29 is 17.9 Å². The summed E-state index contributed by atoms with van der Waals surface area (Å²) < 4.78 is 34.3. The molecular formula is C23H15N3O4S3. The molecule has 3 aromatic carbocycles. The van der Waals surface area contributed by atoms with E-state index < -0.39 is 10.0 Å². The highest BCUT2D eigenvalue weighted by molar-refractivity contribution is 8.26. The van der Waals surface area contributed by atoms with Crippen LogP contribution in [0.1, 0.15) is 11.1 Å². The summed E-state index contributed by atoms with van der Waals surface area (Å²) in [5.74, 6) is 1.08. The molecule has 1 fully saturated rings. The summed E-state index contributed by atoms with van der Waals surface area (Å²) in [4.78, 5) is 13.4. The summed E-state index contributed by atoms with van der Waals surface area (Å²) in [6, 6.07) is 23.1. The van der Waals surface area contributed by atoms with Crippen molar-refractivity contribution in [3.63, 3.8) is 0 Å². The fraction of sp³-hybridized carbons (Fsp3) is 0. The summed E-state index contributed by atoms with van der Waals surface area (Å²) >= 11 is 6.45. The number of fused-ring (bicyclic) bond motifs is 1. The maximum Gasteiger partial charge on any atom is 0.285 e. The second-order valence-electron chi connectivity index (χ2n) is 7.02. The van der Waals surface area contributed by atoms with Gasteiger partial charge >= 0.3 is 0 Å². The first-order valence-electron chi connectivity index (χ1n) is 9.73. The van der Waals surface area contributed by atoms with Gasteiger partial charge in [0.1, 0.15) is 16.4 Å². The van der Waals surface area contributed by atoms with Gasteiger partial charge in [0.05, 0.1) is 4.91 Å². The third kappa shape index (κ3) is 4.28. The van der Waals surface area contributed by atoms with Gasteiger partial charge in [-0.3, -0.25) is 10.2 Å². The molecule has 33 heavy (non-hydrogen) atoms. The molecule has 0 aliphatic carbocycles. The molecule has 7 nitrogen and oxygen atoms in total. The van der Waals surface area contributed by atoms with Gasteiger partial charge in [0.2, 0.25) is 0 Å². The number of amides is 1. The Hall–Kier alpha value is -3.47. The van der Waals surface area contributed by atoms with Crippen LogP contribution >= 0.6 is 24.0 Å². The van der Waals surface area contributed by atoms with Crippen LogP contribution in [0, 0.1) is 0 Å². The molecule has 2 aliphatic heterocycles. The number of rotatable bonds is 4. The zero-order valence-corrected chi connectivity index (χ0v) is 19.3. The lowest BCUT2D eigenvalue weighted by Gasteiger charge is -2.16. The Kier molecular flexibility index (Phi) is 5.49. The van der Waals surface area contributed by atoms with E-state index >= 15 is 0 Å². The van der Waals surface area contributed by atoms with Gasteiger partial charge in [0.15, 0.2) is 10.2 Å². The smallest absolute Gasteiger partial charge is 0.285 e. The van der Waals surface area contributed by atoms with Crippen LogP contribution in [0.2, 0.25) is 0 Å². The van der Waals surface area contributed by atoms with Gasteiger partial charge in [-0.25, -0.2) is 0 Å². The van der Waals surface area contributed by atoms with E-state index in [4.69, 9.17) is 17.0 Å². The predicted octanol–water partition coefficient (Wildman–Crippen LogP) is 4.33. The number of nitrogens with one attached hydrogen (secondary N) is 1. The molecule has 0 saturated carbocycles. The number of thioether (sulfide) groups is 1. The van der Waals surface area contributed by atoms with E-state index in [1.807, 2.05) is 54.6 Å². The Morgan fingerprint density at radius 1 is 0.939 bits per heavy atom. The van der Waals surface area contributed by atoms with E-state index in [9.17, 15) is 13.2 Å². The number of benzene rings is 3. The average Bonchev–Trinajstić information content (AvgIpc) is 3.23. The molecule has 10 heteroatoms. The minimum atomic E-state index is -3.81. The molecule has 164 valence electrons. The number of para-hydroxylation sites is 1. The first-order valence-corrected chi connectivity index (χ1v) is 12.4. The van der Waals surface area contributed by atoms with Crippen molar-refractivity contribution in [3.8, 4) is 11.5 Å². The highest BCUT2D eigenvalue weighted by Gasteiger charge is 2.36. The number of hydrogen-bond acceptors (Lipinski definition) is 7. The van der Waals surface area contributed by atoms with E-state index in [1.165, 1.54) is 6.07 Å². The Morgan fingerprint density at radius 3 is 2.36 bits per heavy atom. The zero-order valence-electron chi connectivity index (χ0n) is 16.8. The molecule has 1 N–H and O–H groups in total. The largest absolute Gasteiger partial charge is 0.457 e. The van der Waals surface area contributed by atoms with Crippen molar-refractivity contribution in [2.45, 2.75) is 4.90 Å². The molecule has 0 atom stereocenters. The number of thiocarbonyl (C=S) groups is 1. The molecule has 1 amide bonds. The SMILES string of the molecule is O=C1/C(=C\c2ccc(Oc3ccccc3)cc2)SC(=S)N1NC1=NS(=O)(=O)c2ccccc21. The number of sulfonamides is 1. The molecule has 2 aliphatic rings. The number of hydrogen-bond donors (Lipinski definition) is 1. The van der Waals surface area contributed by atoms with E-state index in [0.29, 0.717) is 16.2 Å². The summed E-state index contributed by atoms with van der Waals surface area (Å²) in [6.45, 7) is 0. The van der Waals surface area contributed by atoms with Gasteiger partial charge in [-0.05, 0) is 60.3 Å². The van der Waals surface area contributed by atoms with Crippen molar-refractivity contribution in [1.29, 1.82) is 0 Å². The molecule has 5 rings (SSSR count). The van der Waals surface area contributed by atoms with Crippen LogP contribution in [-0.2, 0) is 14.8 Å². The molecule has 0 aromatic heterocycles. The van der Waals surface area contributed by atoms with Crippen molar-refractivity contribution in [1.82, 2.24) is 10.4 Å². The summed E-state index contributed by atoms with van der Waals surface area (Å²) in [5, 5.41) is 1.13. The summed E-state index contributed by atoms with van der Waals surface area (Å²) in [6.07, 6.45) is 1.72. The third-order valence-electron chi connectivity index (χ3n) is 4.80. The van der Waals surface area contributed by atoms with Crippen LogP contribution in [0.5, 0.6) is 11.5 Å². The number of hydrazine groups is 1. The molecule has 0 radical (unpaired) electrons. The number of ether oxygens (including phenoxy) is 1. The first-order chi connectivity index (χ1) is 15.9. The third-order valence-corrected chi connectivity index (χ3v) is 7.44. The Balaban J connectivity index is 1.33.